The SMILES string of the molecule is C[P+](C)(C)C1CCCCC1C(=O)c1ccccc1.[Br-]. The maximum absolute atomic E-state index is 12.7. The van der Waals surface area contributed by atoms with Gasteiger partial charge >= 0.3 is 0 Å². The van der Waals surface area contributed by atoms with Crippen molar-refractivity contribution in [2.24, 2.45) is 5.92 Å². The third-order valence-corrected chi connectivity index (χ3v) is 6.73. The lowest BCUT2D eigenvalue weighted by Crippen LogP contribution is -3.00. The smallest absolute Gasteiger partial charge is 0.169 e. The van der Waals surface area contributed by atoms with Crippen molar-refractivity contribution in [3.8, 4) is 0 Å². The largest absolute Gasteiger partial charge is 1.00 e. The van der Waals surface area contributed by atoms with Crippen molar-refractivity contribution >= 4 is 13.0 Å². The highest BCUT2D eigenvalue weighted by molar-refractivity contribution is 7.74. The average Bonchev–Trinajstić information content (AvgIpc) is 2.38. The standard InChI is InChI=1S/C16H24OP.BrH/c1-18(2,3)15-12-8-7-11-14(15)16(17)13-9-5-4-6-10-13;/h4-6,9-10,14-15H,7-8,11-12H2,1-3H3;1H/q+1;/p-1. The van der Waals surface area contributed by atoms with Crippen LogP contribution in [-0.2, 0) is 0 Å². The molecule has 1 aromatic rings. The molecule has 1 saturated carbocycles. The molecule has 19 heavy (non-hydrogen) atoms. The molecule has 0 aromatic heterocycles. The Kier molecular flexibility index (Phi) is 6.20. The fourth-order valence-electron chi connectivity index (χ4n) is 3.16. The maximum Gasteiger partial charge on any atom is 0.169 e. The number of halogens is 1. The molecule has 1 aliphatic rings. The molecule has 0 bridgehead atoms. The summed E-state index contributed by atoms with van der Waals surface area (Å²) in [5.41, 5.74) is 1.54. The summed E-state index contributed by atoms with van der Waals surface area (Å²) in [6, 6.07) is 9.85. The van der Waals surface area contributed by atoms with E-state index < -0.39 is 7.26 Å². The van der Waals surface area contributed by atoms with Gasteiger partial charge in [-0.3, -0.25) is 4.79 Å². The van der Waals surface area contributed by atoms with Crippen LogP contribution in [0, 0.1) is 5.92 Å². The Hall–Kier alpha value is -0.200. The Labute approximate surface area is 128 Å². The van der Waals surface area contributed by atoms with Crippen molar-refractivity contribution in [1.82, 2.24) is 0 Å². The van der Waals surface area contributed by atoms with E-state index in [1.54, 1.807) is 0 Å². The van der Waals surface area contributed by atoms with Crippen LogP contribution in [0.15, 0.2) is 30.3 Å². The molecule has 1 fully saturated rings. The lowest BCUT2D eigenvalue weighted by Gasteiger charge is -2.34. The predicted molar refractivity (Wildman–Crippen MR) is 81.2 cm³/mol. The van der Waals surface area contributed by atoms with Gasteiger partial charge in [0.1, 0.15) is 0 Å². The van der Waals surface area contributed by atoms with E-state index >= 15 is 0 Å². The van der Waals surface area contributed by atoms with Crippen LogP contribution in [-0.4, -0.2) is 31.4 Å². The number of carbonyl (C=O) groups excluding carboxylic acids is 1. The third-order valence-electron chi connectivity index (χ3n) is 4.12. The van der Waals surface area contributed by atoms with Crippen LogP contribution < -0.4 is 17.0 Å². The number of carbonyl (C=O) groups is 1. The van der Waals surface area contributed by atoms with Gasteiger partial charge in [-0.2, -0.15) is 0 Å². The predicted octanol–water partition coefficient (Wildman–Crippen LogP) is 1.34. The molecular weight excluding hydrogens is 319 g/mol. The van der Waals surface area contributed by atoms with Crippen LogP contribution in [0.3, 0.4) is 0 Å². The van der Waals surface area contributed by atoms with Crippen molar-refractivity contribution in [3.63, 3.8) is 0 Å². The second kappa shape index (κ2) is 6.99. The summed E-state index contributed by atoms with van der Waals surface area (Å²) in [5.74, 6) is 0.657. The summed E-state index contributed by atoms with van der Waals surface area (Å²) in [6.07, 6.45) is 4.87. The Morgan fingerprint density at radius 1 is 1.05 bits per heavy atom. The van der Waals surface area contributed by atoms with Crippen LogP contribution in [0.2, 0.25) is 0 Å². The third kappa shape index (κ3) is 4.13. The molecule has 1 aromatic carbocycles. The lowest BCUT2D eigenvalue weighted by atomic mass is 9.83. The van der Waals surface area contributed by atoms with Crippen molar-refractivity contribution in [3.05, 3.63) is 35.9 Å². The van der Waals surface area contributed by atoms with E-state index in [1.165, 1.54) is 19.3 Å². The van der Waals surface area contributed by atoms with Gasteiger partial charge in [-0.1, -0.05) is 36.8 Å². The van der Waals surface area contributed by atoms with Crippen molar-refractivity contribution < 1.29 is 21.8 Å². The highest BCUT2D eigenvalue weighted by Gasteiger charge is 2.42. The molecule has 0 amide bonds. The number of hydrogen-bond donors (Lipinski definition) is 0. The van der Waals surface area contributed by atoms with Gasteiger partial charge in [0.25, 0.3) is 0 Å². The lowest BCUT2D eigenvalue weighted by molar-refractivity contribution is -0.0000120. The van der Waals surface area contributed by atoms with Gasteiger partial charge in [0.15, 0.2) is 5.78 Å². The molecule has 0 aliphatic heterocycles. The zero-order chi connectivity index (χ0) is 13.2. The Morgan fingerprint density at radius 3 is 2.21 bits per heavy atom. The zero-order valence-corrected chi connectivity index (χ0v) is 14.6. The second-order valence-electron chi connectivity index (χ2n) is 6.30. The van der Waals surface area contributed by atoms with Gasteiger partial charge in [0.05, 0.1) is 11.6 Å². The molecule has 3 heteroatoms. The van der Waals surface area contributed by atoms with Crippen LogP contribution >= 0.6 is 7.26 Å². The van der Waals surface area contributed by atoms with Crippen LogP contribution in [0.5, 0.6) is 0 Å². The van der Waals surface area contributed by atoms with Crippen LogP contribution in [0.1, 0.15) is 36.0 Å². The fraction of sp³-hybridized carbons (Fsp3) is 0.562. The molecule has 1 nitrogen and oxygen atoms in total. The maximum atomic E-state index is 12.7. The number of benzene rings is 1. The first-order valence-electron chi connectivity index (χ1n) is 6.90. The highest BCUT2D eigenvalue weighted by atomic mass is 79.9. The normalized spacial score (nSPS) is 23.5. The first-order chi connectivity index (χ1) is 8.50. The van der Waals surface area contributed by atoms with Gasteiger partial charge in [-0.25, -0.2) is 0 Å². The van der Waals surface area contributed by atoms with Crippen molar-refractivity contribution in [2.75, 3.05) is 20.0 Å². The summed E-state index contributed by atoms with van der Waals surface area (Å²) < 4.78 is 0. The van der Waals surface area contributed by atoms with E-state index in [9.17, 15) is 4.79 Å². The van der Waals surface area contributed by atoms with Gasteiger partial charge in [-0.05, 0) is 19.3 Å². The molecule has 0 N–H and O–H groups in total. The molecule has 0 saturated heterocycles. The fourth-order valence-corrected chi connectivity index (χ4v) is 5.48. The van der Waals surface area contributed by atoms with Gasteiger partial charge in [0, 0.05) is 32.8 Å². The molecule has 1 aliphatic carbocycles. The summed E-state index contributed by atoms with van der Waals surface area (Å²) in [4.78, 5) is 12.7. The Balaban J connectivity index is 0.00000180. The van der Waals surface area contributed by atoms with Gasteiger partial charge < -0.3 is 17.0 Å². The van der Waals surface area contributed by atoms with E-state index in [2.05, 4.69) is 20.0 Å². The van der Waals surface area contributed by atoms with Gasteiger partial charge in [0.2, 0.25) is 0 Å². The molecule has 0 heterocycles. The van der Waals surface area contributed by atoms with Crippen LogP contribution in [0.25, 0.3) is 0 Å². The summed E-state index contributed by atoms with van der Waals surface area (Å²) >= 11 is 0. The summed E-state index contributed by atoms with van der Waals surface area (Å²) in [5, 5.41) is 0. The molecular formula is C16H24BrOP. The minimum atomic E-state index is -0.942. The van der Waals surface area contributed by atoms with Crippen LogP contribution in [0.4, 0.5) is 0 Å². The van der Waals surface area contributed by atoms with E-state index in [0.29, 0.717) is 11.4 Å². The minimum absolute atomic E-state index is 0. The molecule has 106 valence electrons. The first-order valence-corrected chi connectivity index (χ1v) is 10.1. The zero-order valence-electron chi connectivity index (χ0n) is 12.1. The molecule has 2 atom stereocenters. The topological polar surface area (TPSA) is 17.1 Å². The van der Waals surface area contributed by atoms with Crippen molar-refractivity contribution in [1.29, 1.82) is 0 Å². The number of ketones is 1. The van der Waals surface area contributed by atoms with E-state index in [1.807, 2.05) is 30.3 Å². The van der Waals surface area contributed by atoms with E-state index in [0.717, 1.165) is 12.0 Å². The second-order valence-corrected chi connectivity index (χ2v) is 11.2. The number of Topliss-reactive ketones (excluding diaryl/α,β-unsaturated/α-hetero) is 1. The van der Waals surface area contributed by atoms with Gasteiger partial charge in [-0.15, -0.1) is 0 Å². The minimum Gasteiger partial charge on any atom is -1.00 e. The number of hydrogen-bond acceptors (Lipinski definition) is 1. The summed E-state index contributed by atoms with van der Waals surface area (Å²) in [7, 11) is -0.942. The number of rotatable bonds is 3. The molecule has 2 unspecified atom stereocenters. The quantitative estimate of drug-likeness (QED) is 0.598. The Bertz CT molecular complexity index is 411. The van der Waals surface area contributed by atoms with Crippen molar-refractivity contribution in [2.45, 2.75) is 31.3 Å². The summed E-state index contributed by atoms with van der Waals surface area (Å²) in [6.45, 7) is 7.15. The van der Waals surface area contributed by atoms with E-state index in [-0.39, 0.29) is 22.9 Å². The molecule has 0 radical (unpaired) electrons. The monoisotopic (exact) mass is 342 g/mol. The first kappa shape index (κ1) is 16.9. The molecule has 0 spiro atoms. The Morgan fingerprint density at radius 2 is 1.63 bits per heavy atom. The van der Waals surface area contributed by atoms with E-state index in [4.69, 9.17) is 0 Å². The molecule has 2 rings (SSSR count). The average molecular weight is 343 g/mol. The highest BCUT2D eigenvalue weighted by Crippen LogP contribution is 2.59.